The topological polar surface area (TPSA) is 51.7 Å². The first-order valence-corrected chi connectivity index (χ1v) is 10.2. The summed E-state index contributed by atoms with van der Waals surface area (Å²) in [5.41, 5.74) is -6.10. The van der Waals surface area contributed by atoms with E-state index in [9.17, 15) is 31.1 Å². The lowest BCUT2D eigenvalue weighted by Crippen LogP contribution is -2.47. The molecule has 5 nitrogen and oxygen atoms in total. The van der Waals surface area contributed by atoms with Gasteiger partial charge in [-0.3, -0.25) is 4.90 Å². The molecule has 2 aromatic carbocycles. The minimum Gasteiger partial charge on any atom is -0.325 e. The Bertz CT molecular complexity index is 1260. The van der Waals surface area contributed by atoms with Crippen molar-refractivity contribution in [1.82, 2.24) is 4.90 Å². The number of thioether (sulfide) groups is 1. The Kier molecular flexibility index (Phi) is 6.58. The normalized spacial score (nSPS) is 17.0. The van der Waals surface area contributed by atoms with E-state index in [0.717, 1.165) is 34.1 Å². The predicted molar refractivity (Wildman–Crippen MR) is 112 cm³/mol. The fourth-order valence-electron chi connectivity index (χ4n) is 3.57. The van der Waals surface area contributed by atoms with E-state index in [2.05, 4.69) is 4.85 Å². The molecular formula is C22H14F6N4OS. The highest BCUT2D eigenvalue weighted by molar-refractivity contribution is 8.00. The largest absolute Gasteiger partial charge is 0.446 e. The number of alkyl halides is 6. The number of anilines is 1. The van der Waals surface area contributed by atoms with Gasteiger partial charge in [-0.25, -0.2) is 9.64 Å². The first kappa shape index (κ1) is 25.0. The van der Waals surface area contributed by atoms with E-state index in [-0.39, 0.29) is 33.1 Å². The van der Waals surface area contributed by atoms with Gasteiger partial charge in [0.1, 0.15) is 0 Å². The first-order valence-electron chi connectivity index (χ1n) is 9.40. The number of urea groups is 1. The van der Waals surface area contributed by atoms with Gasteiger partial charge < -0.3 is 4.90 Å². The molecule has 176 valence electrons. The average Bonchev–Trinajstić information content (AvgIpc) is 2.75. The van der Waals surface area contributed by atoms with Gasteiger partial charge in [0.2, 0.25) is 5.70 Å². The molecule has 0 spiro atoms. The second-order valence-electron chi connectivity index (χ2n) is 7.17. The number of rotatable bonds is 3. The number of hydrogen-bond acceptors (Lipinski definition) is 3. The van der Waals surface area contributed by atoms with Crippen LogP contribution in [0.3, 0.4) is 0 Å². The van der Waals surface area contributed by atoms with E-state index < -0.39 is 41.1 Å². The molecule has 2 amide bonds. The van der Waals surface area contributed by atoms with Gasteiger partial charge >= 0.3 is 17.7 Å². The summed E-state index contributed by atoms with van der Waals surface area (Å²) in [6.07, 6.45) is -4.67. The summed E-state index contributed by atoms with van der Waals surface area (Å²) in [7, 11) is 1.24. The zero-order valence-corrected chi connectivity index (χ0v) is 18.3. The van der Waals surface area contributed by atoms with Crippen molar-refractivity contribution >= 4 is 23.5 Å². The quantitative estimate of drug-likeness (QED) is 0.262. The predicted octanol–water partition coefficient (Wildman–Crippen LogP) is 6.95. The molecule has 1 atom stereocenters. The number of benzene rings is 2. The number of nitriles is 1. The van der Waals surface area contributed by atoms with Crippen LogP contribution in [0.15, 0.2) is 58.8 Å². The molecule has 0 radical (unpaired) electrons. The van der Waals surface area contributed by atoms with Gasteiger partial charge in [0.05, 0.1) is 29.8 Å². The fourth-order valence-corrected chi connectivity index (χ4v) is 4.31. The minimum atomic E-state index is -4.71. The highest BCUT2D eigenvalue weighted by Gasteiger charge is 2.41. The summed E-state index contributed by atoms with van der Waals surface area (Å²) in [5, 5.41) is 9.09. The molecule has 0 fully saturated rings. The Morgan fingerprint density at radius 3 is 2.35 bits per heavy atom. The maximum Gasteiger partial charge on any atom is 0.446 e. The van der Waals surface area contributed by atoms with Crippen LogP contribution >= 0.6 is 11.8 Å². The number of carbonyl (C=O) groups excluding carboxylic acids is 1. The van der Waals surface area contributed by atoms with E-state index in [1.54, 1.807) is 6.07 Å². The highest BCUT2D eigenvalue weighted by Crippen LogP contribution is 2.46. The second-order valence-corrected chi connectivity index (χ2v) is 8.28. The van der Waals surface area contributed by atoms with E-state index in [4.69, 9.17) is 11.8 Å². The van der Waals surface area contributed by atoms with Gasteiger partial charge in [0.15, 0.2) is 0 Å². The standard InChI is InChI=1S/C22H14F6N4OS/c1-12-18(30-2)19(16-8-7-13(11-29)9-17(16)34-22(26,27)28)31(3)20(33)32(12)15-6-4-5-14(10-15)21(23,24)25/h4-10,19H,1,3H3/t19-/m1/s1. The molecule has 1 heterocycles. The molecule has 0 N–H and O–H groups in total. The first-order chi connectivity index (χ1) is 15.8. The molecule has 0 saturated carbocycles. The third kappa shape index (κ3) is 4.82. The van der Waals surface area contributed by atoms with Gasteiger partial charge in [0.25, 0.3) is 0 Å². The summed E-state index contributed by atoms with van der Waals surface area (Å²) < 4.78 is 79.1. The van der Waals surface area contributed by atoms with E-state index in [1.165, 1.54) is 32.2 Å². The van der Waals surface area contributed by atoms with Crippen LogP contribution < -0.4 is 4.90 Å². The van der Waals surface area contributed by atoms with Crippen molar-refractivity contribution in [2.75, 3.05) is 11.9 Å². The van der Waals surface area contributed by atoms with E-state index in [1.807, 2.05) is 0 Å². The monoisotopic (exact) mass is 496 g/mol. The molecular weight excluding hydrogens is 482 g/mol. The van der Waals surface area contributed by atoms with Crippen LogP contribution in [0.1, 0.15) is 29.7 Å². The van der Waals surface area contributed by atoms with Crippen molar-refractivity contribution in [2.24, 2.45) is 0 Å². The lowest BCUT2D eigenvalue weighted by molar-refractivity contribution is -0.137. The van der Waals surface area contributed by atoms with Crippen molar-refractivity contribution in [3.63, 3.8) is 0 Å². The van der Waals surface area contributed by atoms with Crippen molar-refractivity contribution in [3.05, 3.63) is 82.0 Å². The fraction of sp³-hybridized carbons (Fsp3) is 0.227. The third-order valence-electron chi connectivity index (χ3n) is 5.06. The number of halogens is 6. The van der Waals surface area contributed by atoms with Gasteiger partial charge in [-0.05, 0) is 54.6 Å². The number of likely N-dealkylation sites (N-methyl/N-ethyl adjacent to an activating group) is 1. The molecule has 2 aromatic rings. The molecule has 12 heteroatoms. The Morgan fingerprint density at radius 2 is 1.79 bits per heavy atom. The maximum absolute atomic E-state index is 13.2. The zero-order chi connectivity index (χ0) is 25.4. The SMILES string of the molecule is [C-]#[N+]C1=C(C)N(c2cccc(C(F)(F)F)c2)C(=O)N(C)[C@@H]1c1ccc(C#N)cc1SC(F)(F)F. The summed E-state index contributed by atoms with van der Waals surface area (Å²) in [6.45, 7) is 8.97. The zero-order valence-electron chi connectivity index (χ0n) is 17.5. The molecule has 0 aromatic heterocycles. The molecule has 0 saturated heterocycles. The van der Waals surface area contributed by atoms with Crippen molar-refractivity contribution in [1.29, 1.82) is 5.26 Å². The molecule has 34 heavy (non-hydrogen) atoms. The Morgan fingerprint density at radius 1 is 1.12 bits per heavy atom. The molecule has 1 aliphatic heterocycles. The van der Waals surface area contributed by atoms with Crippen LogP contribution in [-0.4, -0.2) is 23.5 Å². The van der Waals surface area contributed by atoms with Gasteiger partial charge in [-0.1, -0.05) is 12.1 Å². The lowest BCUT2D eigenvalue weighted by atomic mass is 9.97. The number of nitrogens with zero attached hydrogens (tertiary/aromatic N) is 4. The van der Waals surface area contributed by atoms with Crippen LogP contribution in [0.2, 0.25) is 0 Å². The van der Waals surface area contributed by atoms with Crippen LogP contribution in [0.5, 0.6) is 0 Å². The summed E-state index contributed by atoms with van der Waals surface area (Å²) in [4.78, 5) is 18.2. The Balaban J connectivity index is 2.20. The summed E-state index contributed by atoms with van der Waals surface area (Å²) >= 11 is -0.484. The number of amides is 2. The molecule has 0 bridgehead atoms. The van der Waals surface area contributed by atoms with Crippen molar-refractivity contribution in [3.8, 4) is 6.07 Å². The average molecular weight is 496 g/mol. The smallest absolute Gasteiger partial charge is 0.325 e. The Hall–Kier alpha value is -3.64. The minimum absolute atomic E-state index is 0.0188. The third-order valence-corrected chi connectivity index (χ3v) is 5.87. The second kappa shape index (κ2) is 8.95. The van der Waals surface area contributed by atoms with Gasteiger partial charge in [-0.15, -0.1) is 0 Å². The van der Waals surface area contributed by atoms with Crippen LogP contribution in [0.25, 0.3) is 4.85 Å². The molecule has 0 aliphatic carbocycles. The lowest BCUT2D eigenvalue weighted by Gasteiger charge is -2.40. The van der Waals surface area contributed by atoms with Crippen LogP contribution in [0, 0.1) is 17.9 Å². The highest BCUT2D eigenvalue weighted by atomic mass is 32.2. The number of hydrogen-bond donors (Lipinski definition) is 0. The van der Waals surface area contributed by atoms with Crippen molar-refractivity contribution in [2.45, 2.75) is 29.5 Å². The maximum atomic E-state index is 13.2. The van der Waals surface area contributed by atoms with Gasteiger partial charge in [0, 0.05) is 23.3 Å². The van der Waals surface area contributed by atoms with Gasteiger partial charge in [-0.2, -0.15) is 31.6 Å². The summed E-state index contributed by atoms with van der Waals surface area (Å²) in [6, 6.07) is 7.15. The number of carbonyl (C=O) groups is 1. The molecule has 1 aliphatic rings. The van der Waals surface area contributed by atoms with Crippen LogP contribution in [0.4, 0.5) is 36.8 Å². The van der Waals surface area contributed by atoms with Crippen LogP contribution in [-0.2, 0) is 6.18 Å². The summed E-state index contributed by atoms with van der Waals surface area (Å²) in [5.74, 6) is 0. The number of allylic oxidation sites excluding steroid dienone is 1. The molecule has 0 unspecified atom stereocenters. The van der Waals surface area contributed by atoms with Crippen molar-refractivity contribution < 1.29 is 31.1 Å². The Labute approximate surface area is 194 Å². The van der Waals surface area contributed by atoms with E-state index in [0.29, 0.717) is 0 Å². The molecule has 3 rings (SSSR count). The van der Waals surface area contributed by atoms with E-state index >= 15 is 0 Å².